The van der Waals surface area contributed by atoms with Gasteiger partial charge in [-0.1, -0.05) is 12.1 Å². The average Bonchev–Trinajstić information content (AvgIpc) is 3.41. The van der Waals surface area contributed by atoms with Crippen LogP contribution in [0.4, 0.5) is 0 Å². The van der Waals surface area contributed by atoms with Gasteiger partial charge in [0.25, 0.3) is 0 Å². The summed E-state index contributed by atoms with van der Waals surface area (Å²) >= 11 is 0. The highest BCUT2D eigenvalue weighted by Gasteiger charge is 2.41. The number of ether oxygens (including phenoxy) is 1. The van der Waals surface area contributed by atoms with Crippen LogP contribution in [0.1, 0.15) is 30.4 Å². The van der Waals surface area contributed by atoms with E-state index < -0.39 is 0 Å². The van der Waals surface area contributed by atoms with Crippen LogP contribution in [0.15, 0.2) is 24.3 Å². The lowest BCUT2D eigenvalue weighted by atomic mass is 9.84. The Hall–Kier alpha value is -1.90. The fourth-order valence-electron chi connectivity index (χ4n) is 4.20. The van der Waals surface area contributed by atoms with E-state index in [0.29, 0.717) is 18.4 Å². The summed E-state index contributed by atoms with van der Waals surface area (Å²) in [5.41, 5.74) is 1.92. The van der Waals surface area contributed by atoms with Gasteiger partial charge in [-0.05, 0) is 49.4 Å². The second kappa shape index (κ2) is 7.15. The van der Waals surface area contributed by atoms with Crippen LogP contribution >= 0.6 is 0 Å². The van der Waals surface area contributed by atoms with Crippen molar-refractivity contribution in [2.45, 2.75) is 31.9 Å². The highest BCUT2D eigenvalue weighted by atomic mass is 16.5. The minimum atomic E-state index is 0.178. The van der Waals surface area contributed by atoms with Crippen LogP contribution in [0, 0.1) is 29.1 Å². The van der Waals surface area contributed by atoms with Crippen LogP contribution in [0.2, 0.25) is 0 Å². The van der Waals surface area contributed by atoms with Crippen LogP contribution in [0.3, 0.4) is 0 Å². The maximum Gasteiger partial charge on any atom is 0.223 e. The molecule has 0 spiro atoms. The zero-order chi connectivity index (χ0) is 17.2. The number of benzene rings is 1. The number of fused-ring (bicyclic) bond motifs is 1. The summed E-state index contributed by atoms with van der Waals surface area (Å²) in [6.07, 6.45) is 3.39. The van der Waals surface area contributed by atoms with E-state index in [1.54, 1.807) is 0 Å². The van der Waals surface area contributed by atoms with E-state index in [1.165, 1.54) is 5.56 Å². The monoisotopic (exact) mass is 339 g/mol. The molecule has 1 saturated carbocycles. The summed E-state index contributed by atoms with van der Waals surface area (Å²) in [6, 6.07) is 10.1. The Morgan fingerprint density at radius 3 is 3.04 bits per heavy atom. The molecule has 5 heteroatoms. The van der Waals surface area contributed by atoms with Crippen molar-refractivity contribution in [3.63, 3.8) is 0 Å². The van der Waals surface area contributed by atoms with Gasteiger partial charge >= 0.3 is 0 Å². The van der Waals surface area contributed by atoms with Gasteiger partial charge in [0.05, 0.1) is 24.3 Å². The van der Waals surface area contributed by atoms with Crippen molar-refractivity contribution in [3.8, 4) is 6.07 Å². The van der Waals surface area contributed by atoms with Gasteiger partial charge in [-0.3, -0.25) is 9.69 Å². The predicted octanol–water partition coefficient (Wildman–Crippen LogP) is 1.92. The number of rotatable bonds is 5. The smallest absolute Gasteiger partial charge is 0.223 e. The van der Waals surface area contributed by atoms with E-state index in [-0.39, 0.29) is 17.9 Å². The van der Waals surface area contributed by atoms with E-state index in [1.807, 2.05) is 18.2 Å². The fraction of sp³-hybridized carbons (Fsp3) is 0.600. The average molecular weight is 339 g/mol. The first-order chi connectivity index (χ1) is 12.2. The van der Waals surface area contributed by atoms with Crippen molar-refractivity contribution < 1.29 is 9.53 Å². The van der Waals surface area contributed by atoms with Gasteiger partial charge in [0.2, 0.25) is 5.91 Å². The molecule has 132 valence electrons. The number of carbonyl (C=O) groups is 1. The SMILES string of the molecule is N#Cc1cccc(CN2CC[C@@H]3[C@@H](CO[C@@H]3CNC(=O)C3CC3)C2)c1. The number of hydrogen-bond acceptors (Lipinski definition) is 4. The summed E-state index contributed by atoms with van der Waals surface area (Å²) in [4.78, 5) is 14.3. The molecule has 0 unspecified atom stereocenters. The lowest BCUT2D eigenvalue weighted by Gasteiger charge is -2.35. The summed E-state index contributed by atoms with van der Waals surface area (Å²) in [6.45, 7) is 4.44. The quantitative estimate of drug-likeness (QED) is 0.890. The third-order valence-electron chi connectivity index (χ3n) is 5.77. The molecular formula is C20H25N3O2. The van der Waals surface area contributed by atoms with Gasteiger partial charge in [-0.2, -0.15) is 5.26 Å². The topological polar surface area (TPSA) is 65.4 Å². The number of piperidine rings is 1. The Morgan fingerprint density at radius 2 is 2.24 bits per heavy atom. The zero-order valence-electron chi connectivity index (χ0n) is 14.5. The maximum absolute atomic E-state index is 11.8. The van der Waals surface area contributed by atoms with Crippen molar-refractivity contribution in [2.75, 3.05) is 26.2 Å². The Labute approximate surface area is 149 Å². The molecule has 1 aromatic carbocycles. The largest absolute Gasteiger partial charge is 0.376 e. The molecule has 0 radical (unpaired) electrons. The summed E-state index contributed by atoms with van der Waals surface area (Å²) in [5, 5.41) is 12.1. The number of hydrogen-bond donors (Lipinski definition) is 1. The lowest BCUT2D eigenvalue weighted by Crippen LogP contribution is -2.43. The van der Waals surface area contributed by atoms with Crippen molar-refractivity contribution in [3.05, 3.63) is 35.4 Å². The fourth-order valence-corrected chi connectivity index (χ4v) is 4.20. The van der Waals surface area contributed by atoms with E-state index in [2.05, 4.69) is 22.4 Å². The zero-order valence-corrected chi connectivity index (χ0v) is 14.5. The first-order valence-corrected chi connectivity index (χ1v) is 9.33. The first-order valence-electron chi connectivity index (χ1n) is 9.33. The third kappa shape index (κ3) is 3.86. The van der Waals surface area contributed by atoms with E-state index in [0.717, 1.165) is 51.1 Å². The number of likely N-dealkylation sites (tertiary alicyclic amines) is 1. The van der Waals surface area contributed by atoms with E-state index in [4.69, 9.17) is 10.00 Å². The van der Waals surface area contributed by atoms with Crippen LogP contribution in [0.25, 0.3) is 0 Å². The molecule has 2 heterocycles. The molecule has 1 aromatic rings. The summed E-state index contributed by atoms with van der Waals surface area (Å²) in [7, 11) is 0. The molecule has 4 rings (SSSR count). The summed E-state index contributed by atoms with van der Waals surface area (Å²) in [5.74, 6) is 1.59. The van der Waals surface area contributed by atoms with Crippen LogP contribution < -0.4 is 5.32 Å². The molecule has 3 atom stereocenters. The van der Waals surface area contributed by atoms with Gasteiger partial charge in [0, 0.05) is 31.5 Å². The molecule has 25 heavy (non-hydrogen) atoms. The molecule has 2 aliphatic heterocycles. The van der Waals surface area contributed by atoms with Crippen LogP contribution in [-0.2, 0) is 16.1 Å². The molecule has 3 aliphatic rings. The van der Waals surface area contributed by atoms with Gasteiger partial charge < -0.3 is 10.1 Å². The molecule has 5 nitrogen and oxygen atoms in total. The van der Waals surface area contributed by atoms with Gasteiger partial charge in [-0.15, -0.1) is 0 Å². The third-order valence-corrected chi connectivity index (χ3v) is 5.77. The minimum Gasteiger partial charge on any atom is -0.376 e. The number of carbonyl (C=O) groups excluding carboxylic acids is 1. The van der Waals surface area contributed by atoms with Crippen LogP contribution in [0.5, 0.6) is 0 Å². The van der Waals surface area contributed by atoms with Gasteiger partial charge in [-0.25, -0.2) is 0 Å². The van der Waals surface area contributed by atoms with Crippen molar-refractivity contribution >= 4 is 5.91 Å². The Kier molecular flexibility index (Phi) is 4.74. The van der Waals surface area contributed by atoms with Crippen molar-refractivity contribution in [1.82, 2.24) is 10.2 Å². The number of amides is 1. The predicted molar refractivity (Wildman–Crippen MR) is 93.5 cm³/mol. The van der Waals surface area contributed by atoms with E-state index in [9.17, 15) is 4.79 Å². The molecule has 2 saturated heterocycles. The highest BCUT2D eigenvalue weighted by molar-refractivity contribution is 5.80. The van der Waals surface area contributed by atoms with Crippen molar-refractivity contribution in [1.29, 1.82) is 5.26 Å². The maximum atomic E-state index is 11.8. The molecule has 3 fully saturated rings. The van der Waals surface area contributed by atoms with Gasteiger partial charge in [0.1, 0.15) is 0 Å². The molecule has 1 aliphatic carbocycles. The van der Waals surface area contributed by atoms with Crippen LogP contribution in [-0.4, -0.2) is 43.2 Å². The second-order valence-corrected chi connectivity index (χ2v) is 7.65. The number of nitrogens with zero attached hydrogens (tertiary/aromatic N) is 2. The second-order valence-electron chi connectivity index (χ2n) is 7.65. The molecule has 0 aromatic heterocycles. The summed E-state index contributed by atoms with van der Waals surface area (Å²) < 4.78 is 6.00. The molecule has 0 bridgehead atoms. The number of nitrogens with one attached hydrogen (secondary N) is 1. The molecular weight excluding hydrogens is 314 g/mol. The van der Waals surface area contributed by atoms with E-state index >= 15 is 0 Å². The van der Waals surface area contributed by atoms with Gasteiger partial charge in [0.15, 0.2) is 0 Å². The molecule has 1 amide bonds. The standard InChI is InChI=1S/C20H25N3O2/c21-9-14-2-1-3-15(8-14)11-23-7-6-18-17(12-23)13-25-19(18)10-22-20(24)16-4-5-16/h1-3,8,16-19H,4-7,10-13H2,(H,22,24)/t17-,18-,19-/m1/s1. The number of nitriles is 1. The normalized spacial score (nSPS) is 29.0. The molecule has 1 N–H and O–H groups in total. The lowest BCUT2D eigenvalue weighted by molar-refractivity contribution is -0.122. The Balaban J connectivity index is 1.29. The first kappa shape index (κ1) is 16.6. The highest BCUT2D eigenvalue weighted by Crippen LogP contribution is 2.35. The van der Waals surface area contributed by atoms with Crippen molar-refractivity contribution in [2.24, 2.45) is 17.8 Å². The Bertz CT molecular complexity index is 680. The Morgan fingerprint density at radius 1 is 1.36 bits per heavy atom. The minimum absolute atomic E-state index is 0.178.